The molecule has 1 atom stereocenters. The second kappa shape index (κ2) is 5.09. The van der Waals surface area contributed by atoms with Gasteiger partial charge in [-0.3, -0.25) is 0 Å². The molecule has 0 saturated carbocycles. The minimum absolute atomic E-state index is 0.339. The fourth-order valence-electron chi connectivity index (χ4n) is 3.37. The van der Waals surface area contributed by atoms with E-state index in [1.54, 1.807) is 6.33 Å². The molecule has 0 bridgehead atoms. The van der Waals surface area contributed by atoms with Gasteiger partial charge in [0.05, 0.1) is 11.7 Å². The summed E-state index contributed by atoms with van der Waals surface area (Å²) in [4.78, 5) is 15.6. The minimum atomic E-state index is 0.339. The number of anilines is 1. The van der Waals surface area contributed by atoms with E-state index in [-0.39, 0.29) is 0 Å². The second-order valence-corrected chi connectivity index (χ2v) is 5.93. The summed E-state index contributed by atoms with van der Waals surface area (Å²) >= 11 is 0. The van der Waals surface area contributed by atoms with Crippen molar-refractivity contribution >= 4 is 11.5 Å². The van der Waals surface area contributed by atoms with Crippen LogP contribution in [0.5, 0.6) is 0 Å². The number of hydrogen-bond acceptors (Lipinski definition) is 4. The Morgan fingerprint density at radius 3 is 2.91 bits per heavy atom. The van der Waals surface area contributed by atoms with Crippen LogP contribution in [-0.2, 0) is 0 Å². The molecular formula is C17H19N5. The van der Waals surface area contributed by atoms with Gasteiger partial charge in [0, 0.05) is 30.2 Å². The van der Waals surface area contributed by atoms with Crippen LogP contribution >= 0.6 is 0 Å². The third-order valence-electron chi connectivity index (χ3n) is 4.32. The van der Waals surface area contributed by atoms with E-state index in [1.807, 2.05) is 13.8 Å². The first-order valence-electron chi connectivity index (χ1n) is 7.72. The number of imidazole rings is 1. The van der Waals surface area contributed by atoms with Crippen molar-refractivity contribution < 1.29 is 0 Å². The van der Waals surface area contributed by atoms with Gasteiger partial charge in [0.2, 0.25) is 0 Å². The lowest BCUT2D eigenvalue weighted by Crippen LogP contribution is -2.25. The summed E-state index contributed by atoms with van der Waals surface area (Å²) in [5.41, 5.74) is 4.36. The molecule has 0 radical (unpaired) electrons. The standard InChI is InChI=1S/C17H19N5/c1-12-9-17(19-11-18-12)21-8-4-6-14(21)15-5-3-7-16-20-13(2)10-22(15)16/h3,5,7,9-11,14H,4,6,8H2,1-2H3/t14-/m1/s1. The largest absolute Gasteiger partial charge is 0.348 e. The molecule has 22 heavy (non-hydrogen) atoms. The first kappa shape index (κ1) is 13.2. The van der Waals surface area contributed by atoms with Gasteiger partial charge in [0.1, 0.15) is 17.8 Å². The Balaban J connectivity index is 1.80. The van der Waals surface area contributed by atoms with E-state index >= 15 is 0 Å². The van der Waals surface area contributed by atoms with Crippen molar-refractivity contribution in [3.63, 3.8) is 0 Å². The Kier molecular flexibility index (Phi) is 3.06. The molecule has 1 aliphatic heterocycles. The molecule has 5 nitrogen and oxygen atoms in total. The zero-order valence-electron chi connectivity index (χ0n) is 12.9. The van der Waals surface area contributed by atoms with Crippen molar-refractivity contribution in [2.75, 3.05) is 11.4 Å². The molecule has 0 aromatic carbocycles. The summed E-state index contributed by atoms with van der Waals surface area (Å²) in [5.74, 6) is 1.02. The Morgan fingerprint density at radius 1 is 1.14 bits per heavy atom. The molecule has 3 aromatic heterocycles. The fourth-order valence-corrected chi connectivity index (χ4v) is 3.37. The SMILES string of the molecule is Cc1cc(N2CCC[C@@H]2c2cccc3nc(C)cn23)ncn1. The lowest BCUT2D eigenvalue weighted by Gasteiger charge is -2.26. The number of hydrogen-bond donors (Lipinski definition) is 0. The summed E-state index contributed by atoms with van der Waals surface area (Å²) in [5, 5.41) is 0. The molecule has 1 aliphatic rings. The van der Waals surface area contributed by atoms with Gasteiger partial charge in [-0.15, -0.1) is 0 Å². The summed E-state index contributed by atoms with van der Waals surface area (Å²) in [6.45, 7) is 5.08. The van der Waals surface area contributed by atoms with Crippen molar-refractivity contribution in [2.45, 2.75) is 32.7 Å². The van der Waals surface area contributed by atoms with Crippen LogP contribution in [-0.4, -0.2) is 25.9 Å². The topological polar surface area (TPSA) is 46.3 Å². The molecule has 1 saturated heterocycles. The maximum absolute atomic E-state index is 4.58. The van der Waals surface area contributed by atoms with Crippen LogP contribution in [0.25, 0.3) is 5.65 Å². The van der Waals surface area contributed by atoms with E-state index in [0.717, 1.165) is 35.8 Å². The molecule has 0 amide bonds. The van der Waals surface area contributed by atoms with E-state index in [0.29, 0.717) is 6.04 Å². The number of pyridine rings is 1. The Bertz CT molecular complexity index is 823. The summed E-state index contributed by atoms with van der Waals surface area (Å²) in [6, 6.07) is 8.76. The van der Waals surface area contributed by atoms with E-state index in [2.05, 4.69) is 54.7 Å². The predicted octanol–water partition coefficient (Wildman–Crippen LogP) is 3.08. The van der Waals surface area contributed by atoms with Crippen LogP contribution in [0, 0.1) is 13.8 Å². The van der Waals surface area contributed by atoms with Crippen LogP contribution in [0.1, 0.15) is 36.0 Å². The highest BCUT2D eigenvalue weighted by atomic mass is 15.2. The smallest absolute Gasteiger partial charge is 0.137 e. The first-order valence-corrected chi connectivity index (χ1v) is 7.72. The van der Waals surface area contributed by atoms with E-state index in [4.69, 9.17) is 0 Å². The van der Waals surface area contributed by atoms with Crippen LogP contribution in [0.4, 0.5) is 5.82 Å². The molecule has 1 fully saturated rings. The number of rotatable bonds is 2. The molecule has 4 heterocycles. The van der Waals surface area contributed by atoms with E-state index < -0.39 is 0 Å². The van der Waals surface area contributed by atoms with E-state index in [1.165, 1.54) is 12.1 Å². The molecule has 0 spiro atoms. The van der Waals surface area contributed by atoms with Crippen molar-refractivity contribution in [3.8, 4) is 0 Å². The van der Waals surface area contributed by atoms with Gasteiger partial charge in [-0.25, -0.2) is 15.0 Å². The van der Waals surface area contributed by atoms with Crippen LogP contribution in [0.3, 0.4) is 0 Å². The number of nitrogens with zero attached hydrogens (tertiary/aromatic N) is 5. The highest BCUT2D eigenvalue weighted by Crippen LogP contribution is 2.35. The predicted molar refractivity (Wildman–Crippen MR) is 86.0 cm³/mol. The molecule has 112 valence electrons. The van der Waals surface area contributed by atoms with E-state index in [9.17, 15) is 0 Å². The maximum atomic E-state index is 4.58. The Hall–Kier alpha value is -2.43. The fraction of sp³-hybridized carbons (Fsp3) is 0.353. The Labute approximate surface area is 129 Å². The van der Waals surface area contributed by atoms with Gasteiger partial charge in [-0.05, 0) is 38.8 Å². The number of fused-ring (bicyclic) bond motifs is 1. The molecule has 0 aliphatic carbocycles. The Morgan fingerprint density at radius 2 is 2.05 bits per heavy atom. The van der Waals surface area contributed by atoms with Crippen molar-refractivity contribution in [1.82, 2.24) is 19.4 Å². The molecule has 0 N–H and O–H groups in total. The summed E-state index contributed by atoms with van der Waals surface area (Å²) < 4.78 is 2.21. The normalized spacial score (nSPS) is 18.3. The van der Waals surface area contributed by atoms with Crippen LogP contribution < -0.4 is 4.90 Å². The zero-order chi connectivity index (χ0) is 15.1. The summed E-state index contributed by atoms with van der Waals surface area (Å²) in [6.07, 6.45) is 6.09. The monoisotopic (exact) mass is 293 g/mol. The molecule has 3 aromatic rings. The molecule has 0 unspecified atom stereocenters. The highest BCUT2D eigenvalue weighted by molar-refractivity contribution is 5.47. The van der Waals surface area contributed by atoms with Gasteiger partial charge in [-0.2, -0.15) is 0 Å². The highest BCUT2D eigenvalue weighted by Gasteiger charge is 2.29. The molecule has 5 heteroatoms. The number of aryl methyl sites for hydroxylation is 2. The van der Waals surface area contributed by atoms with Gasteiger partial charge in [-0.1, -0.05) is 6.07 Å². The third kappa shape index (κ3) is 2.13. The lowest BCUT2D eigenvalue weighted by atomic mass is 10.1. The molecular weight excluding hydrogens is 274 g/mol. The molecule has 4 rings (SSSR count). The quantitative estimate of drug-likeness (QED) is 0.728. The van der Waals surface area contributed by atoms with Gasteiger partial charge in [0.15, 0.2) is 0 Å². The van der Waals surface area contributed by atoms with Crippen molar-refractivity contribution in [2.24, 2.45) is 0 Å². The van der Waals surface area contributed by atoms with Gasteiger partial charge >= 0.3 is 0 Å². The zero-order valence-corrected chi connectivity index (χ0v) is 12.9. The first-order chi connectivity index (χ1) is 10.7. The van der Waals surface area contributed by atoms with Crippen molar-refractivity contribution in [1.29, 1.82) is 0 Å². The second-order valence-electron chi connectivity index (χ2n) is 5.93. The van der Waals surface area contributed by atoms with Crippen LogP contribution in [0.15, 0.2) is 36.8 Å². The lowest BCUT2D eigenvalue weighted by molar-refractivity contribution is 0.676. The number of aromatic nitrogens is 4. The average molecular weight is 293 g/mol. The van der Waals surface area contributed by atoms with Crippen molar-refractivity contribution in [3.05, 3.63) is 53.9 Å². The third-order valence-corrected chi connectivity index (χ3v) is 4.32. The van der Waals surface area contributed by atoms with Gasteiger partial charge in [0.25, 0.3) is 0 Å². The average Bonchev–Trinajstić information content (AvgIpc) is 3.11. The maximum Gasteiger partial charge on any atom is 0.137 e. The summed E-state index contributed by atoms with van der Waals surface area (Å²) in [7, 11) is 0. The van der Waals surface area contributed by atoms with Gasteiger partial charge < -0.3 is 9.30 Å². The minimum Gasteiger partial charge on any atom is -0.348 e. The van der Waals surface area contributed by atoms with Crippen LogP contribution in [0.2, 0.25) is 0 Å².